The van der Waals surface area contributed by atoms with Crippen LogP contribution in [-0.4, -0.2) is 50.3 Å². The number of hydrogen-bond donors (Lipinski definition) is 1. The van der Waals surface area contributed by atoms with Crippen LogP contribution in [0.25, 0.3) is 0 Å². The maximum absolute atomic E-state index is 5.73. The summed E-state index contributed by atoms with van der Waals surface area (Å²) in [5, 5.41) is 3.57. The molecule has 2 fully saturated rings. The summed E-state index contributed by atoms with van der Waals surface area (Å²) < 4.78 is 5.73. The van der Waals surface area contributed by atoms with Gasteiger partial charge in [0.2, 0.25) is 0 Å². The summed E-state index contributed by atoms with van der Waals surface area (Å²) in [6.07, 6.45) is 12.3. The van der Waals surface area contributed by atoms with E-state index >= 15 is 0 Å². The van der Waals surface area contributed by atoms with Crippen LogP contribution in [0.3, 0.4) is 0 Å². The summed E-state index contributed by atoms with van der Waals surface area (Å²) in [7, 11) is 0. The number of likely N-dealkylation sites (tertiary alicyclic amines) is 1. The Morgan fingerprint density at radius 2 is 1.68 bits per heavy atom. The number of hydrogen-bond acceptors (Lipinski definition) is 3. The van der Waals surface area contributed by atoms with Gasteiger partial charge in [0, 0.05) is 19.2 Å². The van der Waals surface area contributed by atoms with Crippen molar-refractivity contribution < 1.29 is 4.74 Å². The Hall–Kier alpha value is -0.120. The van der Waals surface area contributed by atoms with E-state index in [0.717, 1.165) is 25.8 Å². The predicted octanol–water partition coefficient (Wildman–Crippen LogP) is 2.80. The number of unbranched alkanes of at least 4 members (excludes halogenated alkanes) is 3. The van der Waals surface area contributed by atoms with Gasteiger partial charge in [0.05, 0.1) is 6.61 Å². The van der Waals surface area contributed by atoms with Crippen LogP contribution >= 0.6 is 0 Å². The van der Waals surface area contributed by atoms with Gasteiger partial charge >= 0.3 is 0 Å². The molecule has 3 nitrogen and oxygen atoms in total. The zero-order chi connectivity index (χ0) is 13.2. The monoisotopic (exact) mass is 268 g/mol. The van der Waals surface area contributed by atoms with Crippen LogP contribution in [0, 0.1) is 0 Å². The molecule has 3 heteroatoms. The second-order valence-corrected chi connectivity index (χ2v) is 6.16. The van der Waals surface area contributed by atoms with E-state index in [0.29, 0.717) is 0 Å². The number of ether oxygens (including phenoxy) is 1. The molecular formula is C16H32N2O. The standard InChI is InChI=1S/C16H32N2O/c1(4-10-17-16-8-9-16)2-7-14-19-15-13-18-11-5-3-6-12-18/h16-17H,1-15H2. The summed E-state index contributed by atoms with van der Waals surface area (Å²) in [5.41, 5.74) is 0. The van der Waals surface area contributed by atoms with E-state index in [-0.39, 0.29) is 0 Å². The fourth-order valence-corrected chi connectivity index (χ4v) is 2.76. The Bertz CT molecular complexity index is 213. The fraction of sp³-hybridized carbons (Fsp3) is 1.00. The summed E-state index contributed by atoms with van der Waals surface area (Å²) in [4.78, 5) is 2.55. The lowest BCUT2D eigenvalue weighted by atomic mass is 10.1. The topological polar surface area (TPSA) is 24.5 Å². The van der Waals surface area contributed by atoms with Gasteiger partial charge in [0.1, 0.15) is 0 Å². The average Bonchev–Trinajstić information content (AvgIpc) is 3.26. The van der Waals surface area contributed by atoms with E-state index in [1.165, 1.54) is 77.4 Å². The van der Waals surface area contributed by atoms with Gasteiger partial charge in [-0.25, -0.2) is 0 Å². The van der Waals surface area contributed by atoms with Crippen molar-refractivity contribution in [2.24, 2.45) is 0 Å². The average molecular weight is 268 g/mol. The van der Waals surface area contributed by atoms with E-state index in [2.05, 4.69) is 10.2 Å². The Labute approximate surface area is 119 Å². The molecule has 112 valence electrons. The minimum atomic E-state index is 0.873. The molecule has 0 bridgehead atoms. The Morgan fingerprint density at radius 3 is 2.47 bits per heavy atom. The Morgan fingerprint density at radius 1 is 0.895 bits per heavy atom. The summed E-state index contributed by atoms with van der Waals surface area (Å²) in [5.74, 6) is 0. The third kappa shape index (κ3) is 7.91. The van der Waals surface area contributed by atoms with Crippen molar-refractivity contribution in [3.63, 3.8) is 0 Å². The molecule has 0 aromatic heterocycles. The lowest BCUT2D eigenvalue weighted by Crippen LogP contribution is -2.32. The largest absolute Gasteiger partial charge is 0.380 e. The van der Waals surface area contributed by atoms with Crippen molar-refractivity contribution >= 4 is 0 Å². The first kappa shape index (κ1) is 15.3. The molecule has 0 unspecified atom stereocenters. The molecule has 0 aromatic carbocycles. The van der Waals surface area contributed by atoms with Crippen molar-refractivity contribution in [3.05, 3.63) is 0 Å². The minimum Gasteiger partial charge on any atom is -0.380 e. The molecule has 1 aliphatic carbocycles. The van der Waals surface area contributed by atoms with E-state index in [4.69, 9.17) is 4.74 Å². The van der Waals surface area contributed by atoms with Crippen LogP contribution in [0.5, 0.6) is 0 Å². The first-order chi connectivity index (χ1) is 9.45. The molecule has 1 heterocycles. The van der Waals surface area contributed by atoms with Gasteiger partial charge in [0.15, 0.2) is 0 Å². The van der Waals surface area contributed by atoms with E-state index in [1.54, 1.807) is 0 Å². The summed E-state index contributed by atoms with van der Waals surface area (Å²) >= 11 is 0. The molecule has 19 heavy (non-hydrogen) atoms. The number of rotatable bonds is 11. The second-order valence-electron chi connectivity index (χ2n) is 6.16. The van der Waals surface area contributed by atoms with Crippen LogP contribution in [0.15, 0.2) is 0 Å². The van der Waals surface area contributed by atoms with Gasteiger partial charge in [-0.05, 0) is 58.2 Å². The number of nitrogens with one attached hydrogen (secondary N) is 1. The van der Waals surface area contributed by atoms with Crippen LogP contribution in [0.4, 0.5) is 0 Å². The van der Waals surface area contributed by atoms with Crippen molar-refractivity contribution in [1.82, 2.24) is 10.2 Å². The van der Waals surface area contributed by atoms with Crippen molar-refractivity contribution in [2.75, 3.05) is 39.4 Å². The molecule has 1 saturated heterocycles. The Balaban J connectivity index is 1.26. The zero-order valence-corrected chi connectivity index (χ0v) is 12.5. The third-order valence-corrected chi connectivity index (χ3v) is 4.23. The van der Waals surface area contributed by atoms with E-state index in [9.17, 15) is 0 Å². The molecule has 2 aliphatic rings. The first-order valence-electron chi connectivity index (χ1n) is 8.48. The van der Waals surface area contributed by atoms with Crippen LogP contribution < -0.4 is 5.32 Å². The highest BCUT2D eigenvalue weighted by Gasteiger charge is 2.19. The van der Waals surface area contributed by atoms with Gasteiger partial charge in [0.25, 0.3) is 0 Å². The highest BCUT2D eigenvalue weighted by molar-refractivity contribution is 4.80. The molecule has 0 atom stereocenters. The third-order valence-electron chi connectivity index (χ3n) is 4.23. The maximum Gasteiger partial charge on any atom is 0.0593 e. The van der Waals surface area contributed by atoms with Crippen molar-refractivity contribution in [1.29, 1.82) is 0 Å². The smallest absolute Gasteiger partial charge is 0.0593 e. The van der Waals surface area contributed by atoms with Gasteiger partial charge in [-0.3, -0.25) is 0 Å². The highest BCUT2D eigenvalue weighted by atomic mass is 16.5. The normalized spacial score (nSPS) is 20.8. The second kappa shape index (κ2) is 9.73. The molecule has 2 rings (SSSR count). The van der Waals surface area contributed by atoms with Crippen molar-refractivity contribution in [2.45, 2.75) is 63.8 Å². The molecule has 0 aromatic rings. The lowest BCUT2D eigenvalue weighted by Gasteiger charge is -2.26. The van der Waals surface area contributed by atoms with Gasteiger partial charge in [-0.2, -0.15) is 0 Å². The Kier molecular flexibility index (Phi) is 7.82. The maximum atomic E-state index is 5.73. The van der Waals surface area contributed by atoms with Crippen LogP contribution in [0.2, 0.25) is 0 Å². The van der Waals surface area contributed by atoms with Crippen LogP contribution in [0.1, 0.15) is 57.8 Å². The molecule has 1 N–H and O–H groups in total. The van der Waals surface area contributed by atoms with Crippen molar-refractivity contribution in [3.8, 4) is 0 Å². The van der Waals surface area contributed by atoms with E-state index < -0.39 is 0 Å². The molecule has 1 saturated carbocycles. The minimum absolute atomic E-state index is 0.873. The lowest BCUT2D eigenvalue weighted by molar-refractivity contribution is 0.0938. The molecule has 1 aliphatic heterocycles. The van der Waals surface area contributed by atoms with Gasteiger partial charge < -0.3 is 15.0 Å². The SMILES string of the molecule is C(CCCOCCN1CCCCC1)CCNC1CC1. The first-order valence-corrected chi connectivity index (χ1v) is 8.48. The number of nitrogens with zero attached hydrogens (tertiary/aromatic N) is 1. The van der Waals surface area contributed by atoms with Gasteiger partial charge in [-0.15, -0.1) is 0 Å². The van der Waals surface area contributed by atoms with Gasteiger partial charge in [-0.1, -0.05) is 19.3 Å². The molecule has 0 amide bonds. The highest BCUT2D eigenvalue weighted by Crippen LogP contribution is 2.18. The van der Waals surface area contributed by atoms with E-state index in [1.807, 2.05) is 0 Å². The predicted molar refractivity (Wildman–Crippen MR) is 80.6 cm³/mol. The van der Waals surface area contributed by atoms with Crippen LogP contribution in [-0.2, 0) is 4.74 Å². The summed E-state index contributed by atoms with van der Waals surface area (Å²) in [6, 6.07) is 0.873. The molecule has 0 spiro atoms. The molecule has 0 radical (unpaired) electrons. The molecular weight excluding hydrogens is 236 g/mol. The quantitative estimate of drug-likeness (QED) is 0.583. The number of piperidine rings is 1. The zero-order valence-electron chi connectivity index (χ0n) is 12.5. The fourth-order valence-electron chi connectivity index (χ4n) is 2.76. The summed E-state index contributed by atoms with van der Waals surface area (Å²) in [6.45, 7) is 6.84.